The summed E-state index contributed by atoms with van der Waals surface area (Å²) < 4.78 is 38.5. The van der Waals surface area contributed by atoms with Gasteiger partial charge in [0.15, 0.2) is 0 Å². The Morgan fingerprint density at radius 3 is 2.92 bits per heavy atom. The van der Waals surface area contributed by atoms with Crippen LogP contribution in [0, 0.1) is 0 Å². The van der Waals surface area contributed by atoms with Crippen LogP contribution in [-0.4, -0.2) is 39.0 Å². The largest absolute Gasteiger partial charge is 0.480 e. The van der Waals surface area contributed by atoms with Crippen molar-refractivity contribution >= 4 is 5.97 Å². The van der Waals surface area contributed by atoms with Crippen LogP contribution in [0.15, 0.2) is 30.5 Å². The summed E-state index contributed by atoms with van der Waals surface area (Å²) in [5, 5.41) is 8.95. The number of nitrogens with zero attached hydrogens (tertiary/aromatic N) is 2. The Balaban J connectivity index is 1.84. The minimum Gasteiger partial charge on any atom is -0.480 e. The fourth-order valence-corrected chi connectivity index (χ4v) is 3.01. The summed E-state index contributed by atoms with van der Waals surface area (Å²) in [5.41, 5.74) is 0.161. The van der Waals surface area contributed by atoms with Crippen molar-refractivity contribution < 1.29 is 23.1 Å². The van der Waals surface area contributed by atoms with Crippen LogP contribution in [0.5, 0.6) is 0 Å². The van der Waals surface area contributed by atoms with Crippen molar-refractivity contribution in [1.29, 1.82) is 0 Å². The van der Waals surface area contributed by atoms with Crippen LogP contribution in [0.4, 0.5) is 13.2 Å². The molecule has 2 N–H and O–H groups in total. The molecular formula is C16H16F3N3O2. The average Bonchev–Trinajstić information content (AvgIpc) is 3.14. The number of benzene rings is 1. The molecule has 1 fully saturated rings. The van der Waals surface area contributed by atoms with Crippen molar-refractivity contribution in [1.82, 2.24) is 14.9 Å². The first-order valence-electron chi connectivity index (χ1n) is 7.53. The number of carboxylic acids is 1. The Kier molecular flexibility index (Phi) is 4.31. The standard InChI is InChI=1S/C16H16F3N3O2/c17-16(18,19)11-4-1-3-10(7-11)12-8-20-15(21-12)13-5-2-6-22(13)9-14(23)24/h1,3-4,7-8,13H,2,5-6,9H2,(H,20,21)(H,23,24). The lowest BCUT2D eigenvalue weighted by Crippen LogP contribution is -2.29. The van der Waals surface area contributed by atoms with Gasteiger partial charge in [0.2, 0.25) is 0 Å². The second kappa shape index (κ2) is 6.27. The second-order valence-corrected chi connectivity index (χ2v) is 5.78. The van der Waals surface area contributed by atoms with E-state index in [2.05, 4.69) is 9.97 Å². The average molecular weight is 339 g/mol. The van der Waals surface area contributed by atoms with Crippen LogP contribution in [0.25, 0.3) is 11.3 Å². The summed E-state index contributed by atoms with van der Waals surface area (Å²) in [4.78, 5) is 20.0. The van der Waals surface area contributed by atoms with Gasteiger partial charge in [-0.05, 0) is 31.5 Å². The Morgan fingerprint density at radius 1 is 1.42 bits per heavy atom. The number of aromatic nitrogens is 2. The summed E-state index contributed by atoms with van der Waals surface area (Å²) in [5.74, 6) is -0.326. The summed E-state index contributed by atoms with van der Waals surface area (Å²) in [6, 6.07) is 4.87. The van der Waals surface area contributed by atoms with E-state index in [1.807, 2.05) is 0 Å². The number of H-pyrrole nitrogens is 1. The number of aliphatic carboxylic acids is 1. The number of alkyl halides is 3. The van der Waals surface area contributed by atoms with Gasteiger partial charge in [-0.15, -0.1) is 0 Å². The predicted octanol–water partition coefficient (Wildman–Crippen LogP) is 3.32. The second-order valence-electron chi connectivity index (χ2n) is 5.78. The maximum atomic E-state index is 12.8. The fraction of sp³-hybridized carbons (Fsp3) is 0.375. The number of halogens is 3. The molecule has 1 aliphatic heterocycles. The van der Waals surface area contributed by atoms with E-state index in [4.69, 9.17) is 5.11 Å². The van der Waals surface area contributed by atoms with Crippen molar-refractivity contribution in [2.45, 2.75) is 25.1 Å². The number of carboxylic acid groups (broad SMARTS) is 1. The summed E-state index contributed by atoms with van der Waals surface area (Å²) in [6.07, 6.45) is -1.29. The summed E-state index contributed by atoms with van der Waals surface area (Å²) in [7, 11) is 0. The number of hydrogen-bond donors (Lipinski definition) is 2. The molecule has 1 saturated heterocycles. The van der Waals surface area contributed by atoms with Gasteiger partial charge in [-0.1, -0.05) is 12.1 Å². The predicted molar refractivity (Wildman–Crippen MR) is 80.2 cm³/mol. The van der Waals surface area contributed by atoms with E-state index < -0.39 is 17.7 Å². The number of nitrogens with one attached hydrogen (secondary N) is 1. The smallest absolute Gasteiger partial charge is 0.416 e. The molecule has 0 radical (unpaired) electrons. The molecule has 1 aromatic heterocycles. The Hall–Kier alpha value is -2.35. The zero-order chi connectivity index (χ0) is 17.3. The van der Waals surface area contributed by atoms with Crippen molar-refractivity contribution in [2.24, 2.45) is 0 Å². The lowest BCUT2D eigenvalue weighted by Gasteiger charge is -2.20. The van der Waals surface area contributed by atoms with E-state index in [-0.39, 0.29) is 12.6 Å². The molecular weight excluding hydrogens is 323 g/mol. The van der Waals surface area contributed by atoms with E-state index in [0.717, 1.165) is 25.0 Å². The first-order chi connectivity index (χ1) is 11.3. The number of aromatic amines is 1. The molecule has 1 atom stereocenters. The maximum absolute atomic E-state index is 12.8. The molecule has 3 rings (SSSR count). The molecule has 0 spiro atoms. The molecule has 0 saturated carbocycles. The van der Waals surface area contributed by atoms with Gasteiger partial charge in [0, 0.05) is 5.56 Å². The number of hydrogen-bond acceptors (Lipinski definition) is 3. The van der Waals surface area contributed by atoms with Crippen LogP contribution in [-0.2, 0) is 11.0 Å². The van der Waals surface area contributed by atoms with Crippen LogP contribution in [0.3, 0.4) is 0 Å². The van der Waals surface area contributed by atoms with Gasteiger partial charge in [0.1, 0.15) is 5.82 Å². The third-order valence-electron chi connectivity index (χ3n) is 4.11. The minimum atomic E-state index is -4.40. The Labute approximate surface area is 136 Å². The molecule has 5 nitrogen and oxygen atoms in total. The van der Waals surface area contributed by atoms with Crippen LogP contribution < -0.4 is 0 Å². The van der Waals surface area contributed by atoms with Crippen molar-refractivity contribution in [3.8, 4) is 11.3 Å². The monoisotopic (exact) mass is 339 g/mol. The quantitative estimate of drug-likeness (QED) is 0.897. The fourth-order valence-electron chi connectivity index (χ4n) is 3.01. The number of likely N-dealkylation sites (tertiary alicyclic amines) is 1. The zero-order valence-corrected chi connectivity index (χ0v) is 12.7. The molecule has 128 valence electrons. The first kappa shape index (κ1) is 16.5. The molecule has 1 unspecified atom stereocenters. The highest BCUT2D eigenvalue weighted by atomic mass is 19.4. The minimum absolute atomic E-state index is 0.0791. The van der Waals surface area contributed by atoms with Gasteiger partial charge in [-0.3, -0.25) is 9.69 Å². The SMILES string of the molecule is O=C(O)CN1CCCC1c1ncc(-c2cccc(C(F)(F)F)c2)[nH]1. The summed E-state index contributed by atoms with van der Waals surface area (Å²) >= 11 is 0. The molecule has 0 bridgehead atoms. The highest BCUT2D eigenvalue weighted by Crippen LogP contribution is 2.33. The third kappa shape index (κ3) is 3.43. The van der Waals surface area contributed by atoms with Gasteiger partial charge in [-0.2, -0.15) is 13.2 Å². The van der Waals surface area contributed by atoms with Crippen molar-refractivity contribution in [2.75, 3.05) is 13.1 Å². The molecule has 0 amide bonds. The normalized spacial score (nSPS) is 18.9. The highest BCUT2D eigenvalue weighted by molar-refractivity contribution is 5.69. The number of carbonyl (C=O) groups is 1. The first-order valence-corrected chi connectivity index (χ1v) is 7.53. The van der Waals surface area contributed by atoms with E-state index in [9.17, 15) is 18.0 Å². The van der Waals surface area contributed by atoms with Crippen LogP contribution in [0.2, 0.25) is 0 Å². The zero-order valence-electron chi connectivity index (χ0n) is 12.7. The number of rotatable bonds is 4. The van der Waals surface area contributed by atoms with E-state index in [1.54, 1.807) is 11.0 Å². The topological polar surface area (TPSA) is 69.2 Å². The molecule has 24 heavy (non-hydrogen) atoms. The van der Waals surface area contributed by atoms with Gasteiger partial charge < -0.3 is 10.1 Å². The number of imidazole rings is 1. The Morgan fingerprint density at radius 2 is 2.21 bits per heavy atom. The lowest BCUT2D eigenvalue weighted by atomic mass is 10.1. The van der Waals surface area contributed by atoms with Gasteiger partial charge in [0.25, 0.3) is 0 Å². The van der Waals surface area contributed by atoms with Gasteiger partial charge in [-0.25, -0.2) is 4.98 Å². The van der Waals surface area contributed by atoms with Gasteiger partial charge >= 0.3 is 12.1 Å². The van der Waals surface area contributed by atoms with Crippen LogP contribution >= 0.6 is 0 Å². The highest BCUT2D eigenvalue weighted by Gasteiger charge is 2.31. The van der Waals surface area contributed by atoms with Gasteiger partial charge in [0.05, 0.1) is 30.0 Å². The third-order valence-corrected chi connectivity index (χ3v) is 4.11. The van der Waals surface area contributed by atoms with Crippen LogP contribution in [0.1, 0.15) is 30.3 Å². The molecule has 8 heteroatoms. The van der Waals surface area contributed by atoms with Crippen molar-refractivity contribution in [3.05, 3.63) is 41.9 Å². The van der Waals surface area contributed by atoms with E-state index >= 15 is 0 Å². The van der Waals surface area contributed by atoms with E-state index in [0.29, 0.717) is 23.6 Å². The maximum Gasteiger partial charge on any atom is 0.416 e. The molecule has 1 aromatic carbocycles. The molecule has 1 aliphatic rings. The summed E-state index contributed by atoms with van der Waals surface area (Å²) in [6.45, 7) is 0.584. The van der Waals surface area contributed by atoms with Crippen molar-refractivity contribution in [3.63, 3.8) is 0 Å². The Bertz CT molecular complexity index is 742. The lowest BCUT2D eigenvalue weighted by molar-refractivity contribution is -0.139. The molecule has 2 aromatic rings. The molecule has 2 heterocycles. The van der Waals surface area contributed by atoms with E-state index in [1.165, 1.54) is 12.3 Å². The molecule has 0 aliphatic carbocycles.